The van der Waals surface area contributed by atoms with E-state index in [1.807, 2.05) is 19.1 Å². The molecular formula is C17H28N2O2. The van der Waals surface area contributed by atoms with Crippen LogP contribution in [-0.4, -0.2) is 43.3 Å². The molecule has 2 rings (SSSR count). The number of ether oxygens (including phenoxy) is 2. The summed E-state index contributed by atoms with van der Waals surface area (Å²) in [7, 11) is 0. The van der Waals surface area contributed by atoms with Crippen molar-refractivity contribution < 1.29 is 9.47 Å². The molecule has 2 atom stereocenters. The normalized spacial score (nSPS) is 21.5. The summed E-state index contributed by atoms with van der Waals surface area (Å²) in [6.45, 7) is 11.8. The second-order valence-corrected chi connectivity index (χ2v) is 6.21. The van der Waals surface area contributed by atoms with Gasteiger partial charge >= 0.3 is 0 Å². The Balaban J connectivity index is 1.91. The van der Waals surface area contributed by atoms with Crippen molar-refractivity contribution >= 4 is 0 Å². The monoisotopic (exact) mass is 292 g/mol. The van der Waals surface area contributed by atoms with Gasteiger partial charge in [-0.05, 0) is 44.9 Å². The van der Waals surface area contributed by atoms with Crippen molar-refractivity contribution in [3.63, 3.8) is 0 Å². The summed E-state index contributed by atoms with van der Waals surface area (Å²) in [5.74, 6) is 0.921. The highest BCUT2D eigenvalue weighted by Gasteiger charge is 2.22. The van der Waals surface area contributed by atoms with Crippen LogP contribution in [0.15, 0.2) is 18.2 Å². The molecule has 1 aromatic rings. The number of nitrogens with two attached hydrogens (primary N) is 1. The van der Waals surface area contributed by atoms with E-state index in [1.165, 1.54) is 0 Å². The Bertz CT molecular complexity index is 460. The van der Waals surface area contributed by atoms with E-state index in [4.69, 9.17) is 15.2 Å². The third kappa shape index (κ3) is 4.43. The van der Waals surface area contributed by atoms with Crippen molar-refractivity contribution in [1.29, 1.82) is 0 Å². The van der Waals surface area contributed by atoms with Gasteiger partial charge in [0, 0.05) is 25.2 Å². The van der Waals surface area contributed by atoms with Crippen LogP contribution in [0.4, 0.5) is 0 Å². The first-order valence-corrected chi connectivity index (χ1v) is 7.82. The number of hydrogen-bond donors (Lipinski definition) is 1. The van der Waals surface area contributed by atoms with Gasteiger partial charge in [-0.1, -0.05) is 12.1 Å². The van der Waals surface area contributed by atoms with Crippen LogP contribution in [-0.2, 0) is 4.74 Å². The second kappa shape index (κ2) is 7.25. The molecule has 1 heterocycles. The molecule has 0 radical (unpaired) electrons. The fourth-order valence-electron chi connectivity index (χ4n) is 2.61. The summed E-state index contributed by atoms with van der Waals surface area (Å²) in [5.41, 5.74) is 8.17. The lowest BCUT2D eigenvalue weighted by Crippen LogP contribution is -2.47. The van der Waals surface area contributed by atoms with Gasteiger partial charge in [0.25, 0.3) is 0 Å². The predicted molar refractivity (Wildman–Crippen MR) is 85.7 cm³/mol. The zero-order valence-electron chi connectivity index (χ0n) is 13.6. The summed E-state index contributed by atoms with van der Waals surface area (Å²) < 4.78 is 11.7. The molecule has 4 nitrogen and oxygen atoms in total. The molecule has 1 aromatic carbocycles. The van der Waals surface area contributed by atoms with Gasteiger partial charge in [-0.2, -0.15) is 0 Å². The topological polar surface area (TPSA) is 47.7 Å². The highest BCUT2D eigenvalue weighted by Crippen LogP contribution is 2.22. The number of morpholine rings is 1. The SMILES string of the molecule is Cc1cc(C(C)N)ccc1OCC1CN(C(C)C)CCO1. The molecule has 0 amide bonds. The van der Waals surface area contributed by atoms with Gasteiger partial charge in [-0.15, -0.1) is 0 Å². The maximum atomic E-state index is 5.95. The van der Waals surface area contributed by atoms with Gasteiger partial charge in [-0.3, -0.25) is 4.90 Å². The van der Waals surface area contributed by atoms with Crippen LogP contribution in [0.5, 0.6) is 5.75 Å². The molecule has 118 valence electrons. The minimum Gasteiger partial charge on any atom is -0.491 e. The molecule has 1 aliphatic rings. The molecule has 1 aliphatic heterocycles. The second-order valence-electron chi connectivity index (χ2n) is 6.21. The Labute approximate surface area is 128 Å². The van der Waals surface area contributed by atoms with Gasteiger partial charge in [-0.25, -0.2) is 0 Å². The van der Waals surface area contributed by atoms with Crippen molar-refractivity contribution in [2.75, 3.05) is 26.3 Å². The molecule has 2 unspecified atom stereocenters. The Morgan fingerprint density at radius 3 is 2.76 bits per heavy atom. The lowest BCUT2D eigenvalue weighted by Gasteiger charge is -2.35. The first-order chi connectivity index (χ1) is 9.97. The van der Waals surface area contributed by atoms with Gasteiger partial charge < -0.3 is 15.2 Å². The van der Waals surface area contributed by atoms with Crippen LogP contribution in [0.25, 0.3) is 0 Å². The summed E-state index contributed by atoms with van der Waals surface area (Å²) in [6.07, 6.45) is 0.147. The fourth-order valence-corrected chi connectivity index (χ4v) is 2.61. The largest absolute Gasteiger partial charge is 0.491 e. The third-order valence-electron chi connectivity index (χ3n) is 4.05. The number of benzene rings is 1. The molecular weight excluding hydrogens is 264 g/mol. The standard InChI is InChI=1S/C17H28N2O2/c1-12(2)19-7-8-20-16(10-19)11-21-17-6-5-15(14(4)18)9-13(17)3/h5-6,9,12,14,16H,7-8,10-11,18H2,1-4H3. The lowest BCUT2D eigenvalue weighted by molar-refractivity contribution is -0.0565. The third-order valence-corrected chi connectivity index (χ3v) is 4.05. The molecule has 0 saturated carbocycles. The molecule has 21 heavy (non-hydrogen) atoms. The zero-order valence-corrected chi connectivity index (χ0v) is 13.6. The van der Waals surface area contributed by atoms with E-state index in [1.54, 1.807) is 0 Å². The van der Waals surface area contributed by atoms with E-state index < -0.39 is 0 Å². The van der Waals surface area contributed by atoms with Crippen LogP contribution in [0.1, 0.15) is 37.9 Å². The van der Waals surface area contributed by atoms with Gasteiger partial charge in [0.15, 0.2) is 0 Å². The average molecular weight is 292 g/mol. The molecule has 2 N–H and O–H groups in total. The minimum absolute atomic E-state index is 0.0547. The number of aryl methyl sites for hydroxylation is 1. The average Bonchev–Trinajstić information content (AvgIpc) is 2.46. The summed E-state index contributed by atoms with van der Waals surface area (Å²) in [5, 5.41) is 0. The first-order valence-electron chi connectivity index (χ1n) is 7.82. The Morgan fingerprint density at radius 1 is 1.38 bits per heavy atom. The summed E-state index contributed by atoms with van der Waals surface area (Å²) in [6, 6.07) is 6.76. The number of nitrogens with zero attached hydrogens (tertiary/aromatic N) is 1. The molecule has 0 aliphatic carbocycles. The summed E-state index contributed by atoms with van der Waals surface area (Å²) in [4.78, 5) is 2.43. The fraction of sp³-hybridized carbons (Fsp3) is 0.647. The maximum Gasteiger partial charge on any atom is 0.122 e. The highest BCUT2D eigenvalue weighted by atomic mass is 16.5. The number of hydrogen-bond acceptors (Lipinski definition) is 4. The van der Waals surface area contributed by atoms with Crippen LogP contribution < -0.4 is 10.5 Å². The van der Waals surface area contributed by atoms with Crippen molar-refractivity contribution in [2.24, 2.45) is 5.73 Å². The van der Waals surface area contributed by atoms with Crippen LogP contribution in [0.2, 0.25) is 0 Å². The van der Waals surface area contributed by atoms with E-state index in [2.05, 4.69) is 31.7 Å². The Hall–Kier alpha value is -1.10. The van der Waals surface area contributed by atoms with Gasteiger partial charge in [0.1, 0.15) is 18.5 Å². The predicted octanol–water partition coefficient (Wildman–Crippen LogP) is 2.50. The quantitative estimate of drug-likeness (QED) is 0.906. The van der Waals surface area contributed by atoms with E-state index in [9.17, 15) is 0 Å². The van der Waals surface area contributed by atoms with Crippen LogP contribution >= 0.6 is 0 Å². The van der Waals surface area contributed by atoms with E-state index in [0.29, 0.717) is 12.6 Å². The molecule has 4 heteroatoms. The maximum absolute atomic E-state index is 5.95. The van der Waals surface area contributed by atoms with Crippen molar-refractivity contribution in [3.05, 3.63) is 29.3 Å². The molecule has 0 spiro atoms. The lowest BCUT2D eigenvalue weighted by atomic mass is 10.1. The van der Waals surface area contributed by atoms with E-state index in [-0.39, 0.29) is 12.1 Å². The van der Waals surface area contributed by atoms with Crippen LogP contribution in [0, 0.1) is 6.92 Å². The molecule has 1 saturated heterocycles. The highest BCUT2D eigenvalue weighted by molar-refractivity contribution is 5.37. The smallest absolute Gasteiger partial charge is 0.122 e. The molecule has 1 fully saturated rings. The van der Waals surface area contributed by atoms with E-state index in [0.717, 1.165) is 36.6 Å². The number of rotatable bonds is 5. The van der Waals surface area contributed by atoms with Gasteiger partial charge in [0.05, 0.1) is 6.61 Å². The van der Waals surface area contributed by atoms with Crippen molar-refractivity contribution in [3.8, 4) is 5.75 Å². The Kier molecular flexibility index (Phi) is 5.62. The van der Waals surface area contributed by atoms with Crippen LogP contribution in [0.3, 0.4) is 0 Å². The van der Waals surface area contributed by atoms with Crippen molar-refractivity contribution in [2.45, 2.75) is 45.9 Å². The van der Waals surface area contributed by atoms with Gasteiger partial charge in [0.2, 0.25) is 0 Å². The molecule has 0 bridgehead atoms. The first kappa shape index (κ1) is 16.3. The molecule has 0 aromatic heterocycles. The van der Waals surface area contributed by atoms with Crippen molar-refractivity contribution in [1.82, 2.24) is 4.90 Å². The van der Waals surface area contributed by atoms with E-state index >= 15 is 0 Å². The minimum atomic E-state index is 0.0547. The Morgan fingerprint density at radius 2 is 2.14 bits per heavy atom. The summed E-state index contributed by atoms with van der Waals surface area (Å²) >= 11 is 0. The zero-order chi connectivity index (χ0) is 15.4.